The highest BCUT2D eigenvalue weighted by Gasteiger charge is 2.15. The van der Waals surface area contributed by atoms with E-state index in [1.54, 1.807) is 36.7 Å². The summed E-state index contributed by atoms with van der Waals surface area (Å²) < 4.78 is 5.16. The van der Waals surface area contributed by atoms with E-state index in [0.717, 1.165) is 10.5 Å². The van der Waals surface area contributed by atoms with Crippen molar-refractivity contribution in [2.45, 2.75) is 30.3 Å². The lowest BCUT2D eigenvalue weighted by Gasteiger charge is -2.11. The quantitative estimate of drug-likeness (QED) is 0.640. The number of furan rings is 1. The monoisotopic (exact) mass is 395 g/mol. The van der Waals surface area contributed by atoms with Gasteiger partial charge in [0.15, 0.2) is 0 Å². The Kier molecular flexibility index (Phi) is 6.49. The minimum absolute atomic E-state index is 0.123. The SMILES string of the molecule is Cc1ccc(Sc2ncccc2C(=O)NCC(=O)NCc2ccco2)c(C)c1. The van der Waals surface area contributed by atoms with Crippen LogP contribution in [0.3, 0.4) is 0 Å². The van der Waals surface area contributed by atoms with Crippen molar-refractivity contribution in [1.82, 2.24) is 15.6 Å². The van der Waals surface area contributed by atoms with Crippen LogP contribution in [0.4, 0.5) is 0 Å². The van der Waals surface area contributed by atoms with Crippen LogP contribution in [-0.2, 0) is 11.3 Å². The summed E-state index contributed by atoms with van der Waals surface area (Å²) in [6.45, 7) is 4.23. The third-order valence-electron chi connectivity index (χ3n) is 4.00. The van der Waals surface area contributed by atoms with Crippen molar-refractivity contribution < 1.29 is 14.0 Å². The Morgan fingerprint density at radius 2 is 1.96 bits per heavy atom. The number of carbonyl (C=O) groups excluding carboxylic acids is 2. The summed E-state index contributed by atoms with van der Waals surface area (Å²) in [5, 5.41) is 5.93. The fourth-order valence-corrected chi connectivity index (χ4v) is 3.53. The second kappa shape index (κ2) is 9.23. The summed E-state index contributed by atoms with van der Waals surface area (Å²) in [5.41, 5.74) is 2.74. The smallest absolute Gasteiger partial charge is 0.254 e. The van der Waals surface area contributed by atoms with E-state index in [1.165, 1.54) is 17.3 Å². The lowest BCUT2D eigenvalue weighted by Crippen LogP contribution is -2.36. The number of amides is 2. The largest absolute Gasteiger partial charge is 0.467 e. The Hall–Kier alpha value is -3.06. The molecule has 2 amide bonds. The van der Waals surface area contributed by atoms with E-state index in [0.29, 0.717) is 16.3 Å². The predicted octanol–water partition coefficient (Wildman–Crippen LogP) is 3.49. The minimum atomic E-state index is -0.339. The molecule has 0 saturated carbocycles. The molecular weight excluding hydrogens is 374 g/mol. The molecule has 144 valence electrons. The summed E-state index contributed by atoms with van der Waals surface area (Å²) in [7, 11) is 0. The number of aromatic nitrogens is 1. The maximum atomic E-state index is 12.6. The van der Waals surface area contributed by atoms with Crippen LogP contribution in [0.2, 0.25) is 0 Å². The Bertz CT molecular complexity index is 971. The molecule has 0 spiro atoms. The van der Waals surface area contributed by atoms with Crippen molar-refractivity contribution in [3.8, 4) is 0 Å². The molecule has 0 atom stereocenters. The Morgan fingerprint density at radius 1 is 1.11 bits per heavy atom. The number of hydrogen-bond donors (Lipinski definition) is 2. The van der Waals surface area contributed by atoms with Gasteiger partial charge in [-0.3, -0.25) is 9.59 Å². The van der Waals surface area contributed by atoms with E-state index in [9.17, 15) is 9.59 Å². The van der Waals surface area contributed by atoms with Crippen molar-refractivity contribution in [3.05, 3.63) is 77.4 Å². The molecule has 0 saturated heterocycles. The molecule has 3 aromatic rings. The number of pyridine rings is 1. The third-order valence-corrected chi connectivity index (χ3v) is 5.20. The van der Waals surface area contributed by atoms with Crippen LogP contribution in [0.25, 0.3) is 0 Å². The predicted molar refractivity (Wildman–Crippen MR) is 107 cm³/mol. The number of aryl methyl sites for hydroxylation is 2. The second-order valence-electron chi connectivity index (χ2n) is 6.27. The summed E-state index contributed by atoms with van der Waals surface area (Å²) in [6.07, 6.45) is 3.19. The van der Waals surface area contributed by atoms with Crippen LogP contribution in [-0.4, -0.2) is 23.3 Å². The third kappa shape index (κ3) is 5.23. The molecule has 0 radical (unpaired) electrons. The number of rotatable bonds is 7. The lowest BCUT2D eigenvalue weighted by atomic mass is 10.2. The number of nitrogens with zero attached hydrogens (tertiary/aromatic N) is 1. The summed E-state index contributed by atoms with van der Waals surface area (Å²) in [5.74, 6) is 0.0184. The van der Waals surface area contributed by atoms with E-state index >= 15 is 0 Å². The first-order chi connectivity index (χ1) is 13.5. The van der Waals surface area contributed by atoms with Gasteiger partial charge in [-0.15, -0.1) is 0 Å². The summed E-state index contributed by atoms with van der Waals surface area (Å²) >= 11 is 1.44. The maximum absolute atomic E-state index is 12.6. The molecule has 0 unspecified atom stereocenters. The zero-order valence-corrected chi connectivity index (χ0v) is 16.5. The fraction of sp³-hybridized carbons (Fsp3) is 0.190. The minimum Gasteiger partial charge on any atom is -0.467 e. The molecule has 1 aromatic carbocycles. The first-order valence-electron chi connectivity index (χ1n) is 8.80. The molecule has 7 heteroatoms. The normalized spacial score (nSPS) is 10.5. The van der Waals surface area contributed by atoms with E-state index in [1.807, 2.05) is 26.0 Å². The van der Waals surface area contributed by atoms with Gasteiger partial charge >= 0.3 is 0 Å². The molecule has 0 aliphatic heterocycles. The highest BCUT2D eigenvalue weighted by atomic mass is 32.2. The van der Waals surface area contributed by atoms with Gasteiger partial charge in [-0.05, 0) is 49.7 Å². The van der Waals surface area contributed by atoms with Crippen molar-refractivity contribution in [3.63, 3.8) is 0 Å². The van der Waals surface area contributed by atoms with Crippen molar-refractivity contribution >= 4 is 23.6 Å². The maximum Gasteiger partial charge on any atom is 0.254 e. The van der Waals surface area contributed by atoms with E-state index in [2.05, 4.69) is 21.7 Å². The molecule has 0 fully saturated rings. The van der Waals surface area contributed by atoms with Gasteiger partial charge in [-0.1, -0.05) is 29.5 Å². The van der Waals surface area contributed by atoms with Crippen molar-refractivity contribution in [2.24, 2.45) is 0 Å². The first-order valence-corrected chi connectivity index (χ1v) is 9.62. The molecule has 6 nitrogen and oxygen atoms in total. The van der Waals surface area contributed by atoms with Crippen molar-refractivity contribution in [2.75, 3.05) is 6.54 Å². The lowest BCUT2D eigenvalue weighted by molar-refractivity contribution is -0.120. The zero-order chi connectivity index (χ0) is 19.9. The number of benzene rings is 1. The number of hydrogen-bond acceptors (Lipinski definition) is 5. The average Bonchev–Trinajstić information content (AvgIpc) is 3.21. The van der Waals surface area contributed by atoms with Crippen LogP contribution in [0.5, 0.6) is 0 Å². The molecule has 0 aliphatic rings. The summed E-state index contributed by atoms with van der Waals surface area (Å²) in [6, 6.07) is 13.1. The van der Waals surface area contributed by atoms with Crippen LogP contribution in [0, 0.1) is 13.8 Å². The molecule has 28 heavy (non-hydrogen) atoms. The molecule has 3 rings (SSSR count). The second-order valence-corrected chi connectivity index (χ2v) is 7.30. The molecule has 2 aromatic heterocycles. The Balaban J connectivity index is 1.61. The van der Waals surface area contributed by atoms with E-state index in [-0.39, 0.29) is 24.9 Å². The van der Waals surface area contributed by atoms with Gasteiger partial charge in [0.1, 0.15) is 10.8 Å². The Morgan fingerprint density at radius 3 is 2.71 bits per heavy atom. The molecule has 0 bridgehead atoms. The molecule has 2 heterocycles. The van der Waals surface area contributed by atoms with Crippen molar-refractivity contribution in [1.29, 1.82) is 0 Å². The Labute approximate surface area is 167 Å². The number of nitrogens with one attached hydrogen (secondary N) is 2. The fourth-order valence-electron chi connectivity index (χ4n) is 2.58. The standard InChI is InChI=1S/C21H21N3O3S/c1-14-7-8-18(15(2)11-14)28-21-17(6-3-9-22-21)20(26)24-13-19(25)23-12-16-5-4-10-27-16/h3-11H,12-13H2,1-2H3,(H,23,25)(H,24,26). The first kappa shape index (κ1) is 19.7. The topological polar surface area (TPSA) is 84.2 Å². The highest BCUT2D eigenvalue weighted by molar-refractivity contribution is 7.99. The van der Waals surface area contributed by atoms with Gasteiger partial charge in [0.25, 0.3) is 5.91 Å². The van der Waals surface area contributed by atoms with Gasteiger partial charge in [-0.2, -0.15) is 0 Å². The molecular formula is C21H21N3O3S. The van der Waals surface area contributed by atoms with Gasteiger partial charge in [0, 0.05) is 11.1 Å². The average molecular weight is 395 g/mol. The summed E-state index contributed by atoms with van der Waals surface area (Å²) in [4.78, 5) is 29.9. The van der Waals surface area contributed by atoms with E-state index < -0.39 is 0 Å². The van der Waals surface area contributed by atoms with Gasteiger partial charge < -0.3 is 15.1 Å². The van der Waals surface area contributed by atoms with Crippen LogP contribution < -0.4 is 10.6 Å². The number of carbonyl (C=O) groups is 2. The van der Waals surface area contributed by atoms with Gasteiger partial charge in [0.05, 0.1) is 24.9 Å². The van der Waals surface area contributed by atoms with Crippen LogP contribution in [0.15, 0.2) is 69.3 Å². The molecule has 0 aliphatic carbocycles. The zero-order valence-electron chi connectivity index (χ0n) is 15.7. The van der Waals surface area contributed by atoms with Gasteiger partial charge in [0.2, 0.25) is 5.91 Å². The van der Waals surface area contributed by atoms with E-state index in [4.69, 9.17) is 4.42 Å². The highest BCUT2D eigenvalue weighted by Crippen LogP contribution is 2.31. The van der Waals surface area contributed by atoms with Gasteiger partial charge in [-0.25, -0.2) is 4.98 Å². The van der Waals surface area contributed by atoms with Crippen LogP contribution >= 0.6 is 11.8 Å². The molecule has 2 N–H and O–H groups in total. The van der Waals surface area contributed by atoms with Crippen LogP contribution in [0.1, 0.15) is 27.2 Å².